The van der Waals surface area contributed by atoms with Gasteiger partial charge in [0.25, 0.3) is 0 Å². The molecule has 0 bridgehead atoms. The van der Waals surface area contributed by atoms with Gasteiger partial charge in [-0.1, -0.05) is 12.8 Å². The lowest BCUT2D eigenvalue weighted by Crippen LogP contribution is -2.64. The Morgan fingerprint density at radius 1 is 1.45 bits per heavy atom. The monoisotopic (exact) mass is 307 g/mol. The topological polar surface area (TPSA) is 54.6 Å². The Morgan fingerprint density at radius 2 is 2.23 bits per heavy atom. The van der Waals surface area contributed by atoms with Crippen molar-refractivity contribution in [3.8, 4) is 0 Å². The fraction of sp³-hybridized carbons (Fsp3) is 0.778. The molecule has 0 aliphatic heterocycles. The summed E-state index contributed by atoms with van der Waals surface area (Å²) in [5.41, 5.74) is 0.347. The van der Waals surface area contributed by atoms with Crippen molar-refractivity contribution < 1.29 is 14.3 Å². The highest BCUT2D eigenvalue weighted by molar-refractivity contribution is 5.10. The Balaban J connectivity index is 1.54. The molecule has 2 aliphatic rings. The van der Waals surface area contributed by atoms with Crippen LogP contribution in [0.4, 0.5) is 0 Å². The van der Waals surface area contributed by atoms with Gasteiger partial charge in [-0.3, -0.25) is 0 Å². The summed E-state index contributed by atoms with van der Waals surface area (Å²) in [6, 6.07) is 4.46. The number of furan rings is 1. The molecule has 2 saturated carbocycles. The summed E-state index contributed by atoms with van der Waals surface area (Å²) in [5.74, 6) is 0.657. The van der Waals surface area contributed by atoms with Crippen molar-refractivity contribution in [3.63, 3.8) is 0 Å². The average molecular weight is 307 g/mol. The molecule has 4 heteroatoms. The van der Waals surface area contributed by atoms with Crippen LogP contribution in [0.25, 0.3) is 0 Å². The second-order valence-electron chi connectivity index (χ2n) is 7.01. The minimum atomic E-state index is -0.528. The first-order chi connectivity index (χ1) is 10.7. The Labute approximate surface area is 133 Å². The van der Waals surface area contributed by atoms with Crippen molar-refractivity contribution in [2.24, 2.45) is 5.41 Å². The van der Waals surface area contributed by atoms with Crippen LogP contribution in [0.15, 0.2) is 22.8 Å². The third-order valence-electron chi connectivity index (χ3n) is 5.62. The lowest BCUT2D eigenvalue weighted by Gasteiger charge is -2.55. The fourth-order valence-corrected chi connectivity index (χ4v) is 4.46. The summed E-state index contributed by atoms with van der Waals surface area (Å²) in [7, 11) is 0. The van der Waals surface area contributed by atoms with Gasteiger partial charge in [-0.25, -0.2) is 0 Å². The van der Waals surface area contributed by atoms with E-state index < -0.39 is 6.10 Å². The predicted molar refractivity (Wildman–Crippen MR) is 85.6 cm³/mol. The number of hydrogen-bond acceptors (Lipinski definition) is 4. The van der Waals surface area contributed by atoms with Crippen molar-refractivity contribution in [1.82, 2.24) is 5.32 Å². The standard InChI is InChI=1S/C18H29NO3/c1-3-21-17-12-16(18(17)8-4-5-9-18)19-13(2)11-14(20)15-7-6-10-22-15/h6-7,10,13-14,16-17,19-20H,3-5,8-9,11-12H2,1-2H3. The van der Waals surface area contributed by atoms with E-state index in [4.69, 9.17) is 9.15 Å². The van der Waals surface area contributed by atoms with Crippen LogP contribution in [-0.4, -0.2) is 29.9 Å². The summed E-state index contributed by atoms with van der Waals surface area (Å²) in [4.78, 5) is 0. The third kappa shape index (κ3) is 2.97. The lowest BCUT2D eigenvalue weighted by molar-refractivity contribution is -0.133. The summed E-state index contributed by atoms with van der Waals surface area (Å²) < 4.78 is 11.2. The Hall–Kier alpha value is -0.840. The smallest absolute Gasteiger partial charge is 0.132 e. The lowest BCUT2D eigenvalue weighted by atomic mass is 9.60. The van der Waals surface area contributed by atoms with Crippen LogP contribution in [0.2, 0.25) is 0 Å². The minimum Gasteiger partial charge on any atom is -0.467 e. The highest BCUT2D eigenvalue weighted by atomic mass is 16.5. The molecule has 22 heavy (non-hydrogen) atoms. The number of hydrogen-bond donors (Lipinski definition) is 2. The third-order valence-corrected chi connectivity index (χ3v) is 5.62. The summed E-state index contributed by atoms with van der Waals surface area (Å²) in [5, 5.41) is 14.0. The van der Waals surface area contributed by atoms with Crippen LogP contribution < -0.4 is 5.32 Å². The van der Waals surface area contributed by atoms with Gasteiger partial charge in [-0.2, -0.15) is 0 Å². The van der Waals surface area contributed by atoms with Gasteiger partial charge < -0.3 is 19.6 Å². The van der Waals surface area contributed by atoms with Gasteiger partial charge in [0.15, 0.2) is 0 Å². The van der Waals surface area contributed by atoms with E-state index in [0.717, 1.165) is 13.0 Å². The zero-order valence-corrected chi connectivity index (χ0v) is 13.8. The molecule has 1 spiro atoms. The zero-order valence-electron chi connectivity index (χ0n) is 13.8. The van der Waals surface area contributed by atoms with Crippen LogP contribution in [-0.2, 0) is 4.74 Å². The minimum absolute atomic E-state index is 0.269. The van der Waals surface area contributed by atoms with E-state index in [0.29, 0.717) is 29.7 Å². The SMILES string of the molecule is CCOC1CC(NC(C)CC(O)c2ccco2)C12CCCC2. The predicted octanol–water partition coefficient (Wildman–Crippen LogP) is 3.42. The molecule has 1 aromatic rings. The molecule has 0 amide bonds. The van der Waals surface area contributed by atoms with Gasteiger partial charge in [0.1, 0.15) is 11.9 Å². The molecule has 0 aromatic carbocycles. The molecule has 124 valence electrons. The molecule has 4 nitrogen and oxygen atoms in total. The van der Waals surface area contributed by atoms with Crippen LogP contribution in [0.1, 0.15) is 64.2 Å². The van der Waals surface area contributed by atoms with E-state index in [-0.39, 0.29) is 6.04 Å². The van der Waals surface area contributed by atoms with E-state index in [1.54, 1.807) is 6.26 Å². The van der Waals surface area contributed by atoms with Gasteiger partial charge in [-0.05, 0) is 51.7 Å². The molecule has 2 aliphatic carbocycles. The van der Waals surface area contributed by atoms with Crippen LogP contribution in [0, 0.1) is 5.41 Å². The maximum atomic E-state index is 10.2. The van der Waals surface area contributed by atoms with Gasteiger partial charge in [-0.15, -0.1) is 0 Å². The summed E-state index contributed by atoms with van der Waals surface area (Å²) in [6.07, 6.45) is 8.51. The van der Waals surface area contributed by atoms with Crippen LogP contribution in [0.5, 0.6) is 0 Å². The fourth-order valence-electron chi connectivity index (χ4n) is 4.46. The van der Waals surface area contributed by atoms with Gasteiger partial charge in [0.05, 0.1) is 12.4 Å². The molecule has 1 heterocycles. The van der Waals surface area contributed by atoms with E-state index >= 15 is 0 Å². The Bertz CT molecular complexity index is 453. The Kier molecular flexibility index (Phi) is 4.91. The van der Waals surface area contributed by atoms with Gasteiger partial charge >= 0.3 is 0 Å². The zero-order chi connectivity index (χ0) is 15.6. The molecule has 0 radical (unpaired) electrons. The van der Waals surface area contributed by atoms with E-state index in [1.807, 2.05) is 12.1 Å². The number of nitrogens with one attached hydrogen (secondary N) is 1. The first kappa shape index (κ1) is 16.0. The number of rotatable bonds is 7. The molecule has 1 aromatic heterocycles. The van der Waals surface area contributed by atoms with Crippen molar-refractivity contribution in [3.05, 3.63) is 24.2 Å². The quantitative estimate of drug-likeness (QED) is 0.810. The first-order valence-corrected chi connectivity index (χ1v) is 8.75. The second-order valence-corrected chi connectivity index (χ2v) is 7.01. The number of ether oxygens (including phenoxy) is 1. The summed E-state index contributed by atoms with van der Waals surface area (Å²) >= 11 is 0. The normalized spacial score (nSPS) is 29.4. The number of aliphatic hydroxyl groups is 1. The maximum Gasteiger partial charge on any atom is 0.132 e. The molecule has 2 N–H and O–H groups in total. The maximum absolute atomic E-state index is 10.2. The molecule has 3 rings (SSSR count). The van der Waals surface area contributed by atoms with Crippen molar-refractivity contribution in [2.75, 3.05) is 6.61 Å². The van der Waals surface area contributed by atoms with Crippen molar-refractivity contribution in [1.29, 1.82) is 0 Å². The van der Waals surface area contributed by atoms with Crippen molar-refractivity contribution in [2.45, 2.75) is 76.7 Å². The van der Waals surface area contributed by atoms with E-state index in [2.05, 4.69) is 19.2 Å². The molecule has 4 atom stereocenters. The molecule has 0 saturated heterocycles. The molecular weight excluding hydrogens is 278 g/mol. The van der Waals surface area contributed by atoms with Gasteiger partial charge in [0.2, 0.25) is 0 Å². The molecule has 4 unspecified atom stereocenters. The number of aliphatic hydroxyl groups excluding tert-OH is 1. The van der Waals surface area contributed by atoms with E-state index in [9.17, 15) is 5.11 Å². The Morgan fingerprint density at radius 3 is 2.86 bits per heavy atom. The largest absolute Gasteiger partial charge is 0.467 e. The molecular formula is C18H29NO3. The highest BCUT2D eigenvalue weighted by Gasteiger charge is 2.56. The van der Waals surface area contributed by atoms with E-state index in [1.165, 1.54) is 25.7 Å². The summed E-state index contributed by atoms with van der Waals surface area (Å²) in [6.45, 7) is 5.06. The van der Waals surface area contributed by atoms with Crippen LogP contribution >= 0.6 is 0 Å². The second kappa shape index (κ2) is 6.73. The average Bonchev–Trinajstić information content (AvgIpc) is 3.18. The van der Waals surface area contributed by atoms with Gasteiger partial charge in [0, 0.05) is 24.1 Å². The van der Waals surface area contributed by atoms with Crippen LogP contribution in [0.3, 0.4) is 0 Å². The first-order valence-electron chi connectivity index (χ1n) is 8.75. The van der Waals surface area contributed by atoms with Crippen molar-refractivity contribution >= 4 is 0 Å². The highest BCUT2D eigenvalue weighted by Crippen LogP contribution is 2.54. The molecule has 2 fully saturated rings.